The maximum absolute atomic E-state index is 10.3. The van der Waals surface area contributed by atoms with E-state index in [2.05, 4.69) is 38.1 Å². The average Bonchev–Trinajstić information content (AvgIpc) is 2.48. The smallest absolute Gasteiger partial charge is 0.0365 e. The first-order valence-corrected chi connectivity index (χ1v) is 7.22. The fourth-order valence-electron chi connectivity index (χ4n) is 2.53. The number of rotatable bonds is 6. The number of hydrogen-bond donors (Lipinski definition) is 1. The Morgan fingerprint density at radius 3 is 1.45 bits per heavy atom. The lowest BCUT2D eigenvalue weighted by molar-refractivity contribution is -0.150. The minimum Gasteiger partial charge on any atom is -0.313 e. The zero-order valence-corrected chi connectivity index (χ0v) is 12.2. The Morgan fingerprint density at radius 1 is 0.750 bits per heavy atom. The Labute approximate surface area is 121 Å². The summed E-state index contributed by atoms with van der Waals surface area (Å²) in [5, 5.41) is 11.8. The van der Waals surface area contributed by atoms with Gasteiger partial charge in [0, 0.05) is 12.1 Å². The summed E-state index contributed by atoms with van der Waals surface area (Å²) in [7, 11) is 0. The fourth-order valence-corrected chi connectivity index (χ4v) is 2.53. The van der Waals surface area contributed by atoms with Crippen LogP contribution in [0.5, 0.6) is 0 Å². The molecule has 2 aromatic carbocycles. The van der Waals surface area contributed by atoms with Gasteiger partial charge in [-0.15, -0.1) is 0 Å². The molecular formula is C18H23NO. The minimum atomic E-state index is 0.108. The van der Waals surface area contributed by atoms with Crippen molar-refractivity contribution < 1.29 is 5.21 Å². The molecule has 0 aliphatic rings. The summed E-state index contributed by atoms with van der Waals surface area (Å²) in [6.07, 6.45) is 1.72. The summed E-state index contributed by atoms with van der Waals surface area (Å²) in [6, 6.07) is 20.8. The molecule has 106 valence electrons. The highest BCUT2D eigenvalue weighted by Crippen LogP contribution is 2.13. The highest BCUT2D eigenvalue weighted by molar-refractivity contribution is 5.17. The van der Waals surface area contributed by atoms with Crippen LogP contribution in [0.15, 0.2) is 60.7 Å². The summed E-state index contributed by atoms with van der Waals surface area (Å²) in [5.41, 5.74) is 2.51. The first-order valence-electron chi connectivity index (χ1n) is 7.22. The lowest BCUT2D eigenvalue weighted by Crippen LogP contribution is -2.39. The van der Waals surface area contributed by atoms with Gasteiger partial charge in [0.05, 0.1) is 0 Å². The van der Waals surface area contributed by atoms with Crippen molar-refractivity contribution in [3.63, 3.8) is 0 Å². The molecule has 0 aliphatic carbocycles. The second kappa shape index (κ2) is 7.22. The van der Waals surface area contributed by atoms with Gasteiger partial charge in [0.25, 0.3) is 0 Å². The Balaban J connectivity index is 1.91. The van der Waals surface area contributed by atoms with E-state index in [0.717, 1.165) is 12.8 Å². The van der Waals surface area contributed by atoms with Crippen LogP contribution in [0.2, 0.25) is 0 Å². The van der Waals surface area contributed by atoms with Gasteiger partial charge in [-0.3, -0.25) is 0 Å². The van der Waals surface area contributed by atoms with Crippen LogP contribution >= 0.6 is 0 Å². The molecule has 2 nitrogen and oxygen atoms in total. The lowest BCUT2D eigenvalue weighted by Gasteiger charge is -2.28. The van der Waals surface area contributed by atoms with E-state index >= 15 is 0 Å². The molecule has 0 aliphatic heterocycles. The highest BCUT2D eigenvalue weighted by Gasteiger charge is 2.18. The van der Waals surface area contributed by atoms with Gasteiger partial charge in [0.2, 0.25) is 0 Å². The second-order valence-corrected chi connectivity index (χ2v) is 5.46. The van der Waals surface area contributed by atoms with E-state index in [4.69, 9.17) is 0 Å². The maximum atomic E-state index is 10.3. The normalized spacial score (nSPS) is 14.2. The van der Waals surface area contributed by atoms with Crippen molar-refractivity contribution in [3.8, 4) is 0 Å². The van der Waals surface area contributed by atoms with Crippen molar-refractivity contribution >= 4 is 0 Å². The molecule has 2 aromatic rings. The average molecular weight is 269 g/mol. The quantitative estimate of drug-likeness (QED) is 0.803. The van der Waals surface area contributed by atoms with Crippen molar-refractivity contribution in [2.24, 2.45) is 0 Å². The van der Waals surface area contributed by atoms with Crippen LogP contribution in [0.4, 0.5) is 0 Å². The van der Waals surface area contributed by atoms with Gasteiger partial charge in [0.1, 0.15) is 0 Å². The third kappa shape index (κ3) is 4.19. The number of nitrogens with zero attached hydrogens (tertiary/aromatic N) is 1. The molecule has 0 radical (unpaired) electrons. The molecule has 0 fully saturated rings. The van der Waals surface area contributed by atoms with Crippen molar-refractivity contribution in [2.45, 2.75) is 38.8 Å². The fraction of sp³-hybridized carbons (Fsp3) is 0.333. The molecule has 0 saturated heterocycles. The van der Waals surface area contributed by atoms with Crippen molar-refractivity contribution in [3.05, 3.63) is 71.8 Å². The molecule has 0 aromatic heterocycles. The molecule has 0 saturated carbocycles. The summed E-state index contributed by atoms with van der Waals surface area (Å²) < 4.78 is 0. The monoisotopic (exact) mass is 269 g/mol. The molecular weight excluding hydrogens is 246 g/mol. The summed E-state index contributed by atoms with van der Waals surface area (Å²) in [6.45, 7) is 4.13. The third-order valence-corrected chi connectivity index (χ3v) is 3.65. The zero-order chi connectivity index (χ0) is 14.4. The Hall–Kier alpha value is -1.64. The van der Waals surface area contributed by atoms with Gasteiger partial charge < -0.3 is 5.21 Å². The number of benzene rings is 2. The molecule has 2 unspecified atom stereocenters. The van der Waals surface area contributed by atoms with Gasteiger partial charge in [0.15, 0.2) is 0 Å². The number of hydrogen-bond acceptors (Lipinski definition) is 2. The molecule has 0 amide bonds. The van der Waals surface area contributed by atoms with E-state index in [-0.39, 0.29) is 12.1 Å². The molecule has 2 heteroatoms. The third-order valence-electron chi connectivity index (χ3n) is 3.65. The van der Waals surface area contributed by atoms with E-state index in [1.54, 1.807) is 0 Å². The minimum absolute atomic E-state index is 0.108. The van der Waals surface area contributed by atoms with Gasteiger partial charge in [-0.25, -0.2) is 0 Å². The van der Waals surface area contributed by atoms with Crippen LogP contribution in [0, 0.1) is 0 Å². The van der Waals surface area contributed by atoms with Gasteiger partial charge >= 0.3 is 0 Å². The Bertz CT molecular complexity index is 450. The molecule has 2 rings (SSSR count). The lowest BCUT2D eigenvalue weighted by atomic mass is 10.0. The van der Waals surface area contributed by atoms with Gasteiger partial charge in [-0.2, -0.15) is 5.06 Å². The van der Waals surface area contributed by atoms with Crippen LogP contribution in [-0.2, 0) is 12.8 Å². The largest absolute Gasteiger partial charge is 0.313 e. The van der Waals surface area contributed by atoms with E-state index in [0.29, 0.717) is 0 Å². The number of hydroxylamine groups is 2. The van der Waals surface area contributed by atoms with Crippen molar-refractivity contribution in [1.82, 2.24) is 5.06 Å². The van der Waals surface area contributed by atoms with E-state index in [1.807, 2.05) is 36.4 Å². The zero-order valence-electron chi connectivity index (χ0n) is 12.2. The highest BCUT2D eigenvalue weighted by atomic mass is 16.5. The first-order chi connectivity index (χ1) is 9.66. The first kappa shape index (κ1) is 14.8. The van der Waals surface area contributed by atoms with Crippen LogP contribution in [0.25, 0.3) is 0 Å². The predicted molar refractivity (Wildman–Crippen MR) is 82.8 cm³/mol. The second-order valence-electron chi connectivity index (χ2n) is 5.46. The van der Waals surface area contributed by atoms with E-state index in [1.165, 1.54) is 16.2 Å². The summed E-state index contributed by atoms with van der Waals surface area (Å²) in [5.74, 6) is 0. The van der Waals surface area contributed by atoms with E-state index < -0.39 is 0 Å². The topological polar surface area (TPSA) is 23.5 Å². The van der Waals surface area contributed by atoms with Crippen LogP contribution in [-0.4, -0.2) is 22.4 Å². The molecule has 1 N–H and O–H groups in total. The maximum Gasteiger partial charge on any atom is 0.0365 e. The standard InChI is InChI=1S/C18H23NO/c1-15(13-17-9-5-3-6-10-17)19(20)16(2)14-18-11-7-4-8-12-18/h3-12,15-16,20H,13-14H2,1-2H3. The Kier molecular flexibility index (Phi) is 5.33. The SMILES string of the molecule is CC(Cc1ccccc1)N(O)C(C)Cc1ccccc1. The molecule has 2 atom stereocenters. The predicted octanol–water partition coefficient (Wildman–Crippen LogP) is 3.94. The molecule has 0 bridgehead atoms. The molecule has 0 heterocycles. The van der Waals surface area contributed by atoms with Crippen LogP contribution < -0.4 is 0 Å². The molecule has 20 heavy (non-hydrogen) atoms. The Morgan fingerprint density at radius 2 is 1.10 bits per heavy atom. The van der Waals surface area contributed by atoms with Crippen LogP contribution in [0.1, 0.15) is 25.0 Å². The van der Waals surface area contributed by atoms with Gasteiger partial charge in [-0.1, -0.05) is 60.7 Å². The van der Waals surface area contributed by atoms with E-state index in [9.17, 15) is 5.21 Å². The summed E-state index contributed by atoms with van der Waals surface area (Å²) >= 11 is 0. The van der Waals surface area contributed by atoms with Crippen LogP contribution in [0.3, 0.4) is 0 Å². The summed E-state index contributed by atoms with van der Waals surface area (Å²) in [4.78, 5) is 0. The van der Waals surface area contributed by atoms with Crippen molar-refractivity contribution in [2.75, 3.05) is 0 Å². The molecule has 0 spiro atoms. The van der Waals surface area contributed by atoms with Crippen molar-refractivity contribution in [1.29, 1.82) is 0 Å². The van der Waals surface area contributed by atoms with Gasteiger partial charge in [-0.05, 0) is 37.8 Å².